The molecule has 2 N–H and O–H groups in total. The van der Waals surface area contributed by atoms with Crippen molar-refractivity contribution >= 4 is 23.4 Å². The Kier molecular flexibility index (Phi) is 4.56. The molecule has 1 amide bonds. The van der Waals surface area contributed by atoms with E-state index in [1.54, 1.807) is 36.3 Å². The smallest absolute Gasteiger partial charge is 0.272 e. The minimum absolute atomic E-state index is 0.138. The molecular weight excluding hydrogens is 294 g/mol. The number of benzene rings is 1. The van der Waals surface area contributed by atoms with Gasteiger partial charge in [0, 0.05) is 34.9 Å². The van der Waals surface area contributed by atoms with E-state index in [1.165, 1.54) is 5.56 Å². The number of amides is 1. The lowest BCUT2D eigenvalue weighted by atomic mass is 10.3. The molecule has 2 heterocycles. The number of aromatic nitrogens is 2. The van der Waals surface area contributed by atoms with Crippen molar-refractivity contribution in [2.24, 2.45) is 0 Å². The molecule has 0 radical (unpaired) electrons. The Morgan fingerprint density at radius 2 is 2.00 bits per heavy atom. The van der Waals surface area contributed by atoms with Crippen LogP contribution < -0.4 is 5.32 Å². The lowest BCUT2D eigenvalue weighted by Gasteiger charge is -2.06. The zero-order valence-electron chi connectivity index (χ0n) is 11.8. The van der Waals surface area contributed by atoms with Gasteiger partial charge in [0.15, 0.2) is 0 Å². The van der Waals surface area contributed by atoms with E-state index in [0.29, 0.717) is 5.69 Å². The zero-order valence-corrected chi connectivity index (χ0v) is 12.6. The predicted octanol–water partition coefficient (Wildman–Crippen LogP) is 3.95. The van der Waals surface area contributed by atoms with Crippen LogP contribution in [0, 0.1) is 0 Å². The maximum atomic E-state index is 11.9. The Balaban J connectivity index is 1.57. The summed E-state index contributed by atoms with van der Waals surface area (Å²) in [6, 6.07) is 15.4. The van der Waals surface area contributed by atoms with Crippen LogP contribution in [0.3, 0.4) is 0 Å². The first-order valence-electron chi connectivity index (χ1n) is 6.88. The number of hydrogen-bond donors (Lipinski definition) is 2. The summed E-state index contributed by atoms with van der Waals surface area (Å²) in [4.78, 5) is 20.1. The quantitative estimate of drug-likeness (QED) is 0.702. The fraction of sp³-hybridized carbons (Fsp3) is 0.0588. The summed E-state index contributed by atoms with van der Waals surface area (Å²) in [5.74, 6) is 0.739. The Bertz CT molecular complexity index is 724. The molecule has 5 heteroatoms. The molecule has 0 fully saturated rings. The SMILES string of the molecule is O=C(Nc1ccc(SCc2cccnc2)cc1)c1ccc[nH]1. The van der Waals surface area contributed by atoms with Crippen molar-refractivity contribution < 1.29 is 4.79 Å². The van der Waals surface area contributed by atoms with Gasteiger partial charge in [-0.05, 0) is 48.0 Å². The average Bonchev–Trinajstić information content (AvgIpc) is 3.10. The normalized spacial score (nSPS) is 10.4. The molecule has 1 aromatic carbocycles. The van der Waals surface area contributed by atoms with Gasteiger partial charge in [0.25, 0.3) is 5.91 Å². The summed E-state index contributed by atoms with van der Waals surface area (Å²) < 4.78 is 0. The highest BCUT2D eigenvalue weighted by atomic mass is 32.2. The largest absolute Gasteiger partial charge is 0.357 e. The number of rotatable bonds is 5. The van der Waals surface area contributed by atoms with Crippen LogP contribution in [0.15, 0.2) is 72.0 Å². The molecule has 0 bridgehead atoms. The third-order valence-corrected chi connectivity index (χ3v) is 4.17. The number of pyridine rings is 1. The Hall–Kier alpha value is -2.53. The van der Waals surface area contributed by atoms with E-state index in [2.05, 4.69) is 21.4 Å². The van der Waals surface area contributed by atoms with Crippen LogP contribution in [-0.4, -0.2) is 15.9 Å². The van der Waals surface area contributed by atoms with Crippen molar-refractivity contribution in [2.45, 2.75) is 10.6 Å². The molecule has 0 saturated heterocycles. The van der Waals surface area contributed by atoms with E-state index in [9.17, 15) is 4.79 Å². The van der Waals surface area contributed by atoms with Crippen LogP contribution in [0.2, 0.25) is 0 Å². The lowest BCUT2D eigenvalue weighted by molar-refractivity contribution is 0.102. The first-order chi connectivity index (χ1) is 10.8. The second-order valence-corrected chi connectivity index (χ2v) is 5.76. The van der Waals surface area contributed by atoms with Crippen LogP contribution in [0.25, 0.3) is 0 Å². The van der Waals surface area contributed by atoms with Gasteiger partial charge >= 0.3 is 0 Å². The van der Waals surface area contributed by atoms with Gasteiger partial charge in [0.05, 0.1) is 0 Å². The lowest BCUT2D eigenvalue weighted by Crippen LogP contribution is -2.11. The fourth-order valence-electron chi connectivity index (χ4n) is 1.95. The number of aromatic amines is 1. The number of nitrogens with one attached hydrogen (secondary N) is 2. The minimum Gasteiger partial charge on any atom is -0.357 e. The Morgan fingerprint density at radius 3 is 2.68 bits per heavy atom. The third kappa shape index (κ3) is 3.77. The second-order valence-electron chi connectivity index (χ2n) is 4.71. The molecule has 110 valence electrons. The van der Waals surface area contributed by atoms with E-state index in [4.69, 9.17) is 0 Å². The highest BCUT2D eigenvalue weighted by Gasteiger charge is 2.06. The molecule has 0 saturated carbocycles. The zero-order chi connectivity index (χ0) is 15.2. The first kappa shape index (κ1) is 14.4. The van der Waals surface area contributed by atoms with Gasteiger partial charge in [-0.25, -0.2) is 0 Å². The van der Waals surface area contributed by atoms with Gasteiger partial charge in [-0.3, -0.25) is 9.78 Å². The monoisotopic (exact) mass is 309 g/mol. The molecule has 0 atom stereocenters. The Labute approximate surface area is 133 Å². The predicted molar refractivity (Wildman–Crippen MR) is 89.0 cm³/mol. The number of thioether (sulfide) groups is 1. The van der Waals surface area contributed by atoms with Crippen molar-refractivity contribution in [1.29, 1.82) is 0 Å². The van der Waals surface area contributed by atoms with Gasteiger partial charge in [0.1, 0.15) is 5.69 Å². The van der Waals surface area contributed by atoms with Crippen LogP contribution in [0.5, 0.6) is 0 Å². The van der Waals surface area contributed by atoms with Crippen molar-refractivity contribution in [3.05, 3.63) is 78.4 Å². The number of hydrogen-bond acceptors (Lipinski definition) is 3. The molecule has 3 rings (SSSR count). The molecule has 0 aliphatic carbocycles. The minimum atomic E-state index is -0.138. The highest BCUT2D eigenvalue weighted by Crippen LogP contribution is 2.24. The number of H-pyrrole nitrogens is 1. The molecule has 0 spiro atoms. The van der Waals surface area contributed by atoms with E-state index in [-0.39, 0.29) is 5.91 Å². The van der Waals surface area contributed by atoms with Crippen molar-refractivity contribution in [3.8, 4) is 0 Å². The van der Waals surface area contributed by atoms with Crippen molar-refractivity contribution in [1.82, 2.24) is 9.97 Å². The summed E-state index contributed by atoms with van der Waals surface area (Å²) >= 11 is 1.74. The van der Waals surface area contributed by atoms with Crippen LogP contribution in [-0.2, 0) is 5.75 Å². The topological polar surface area (TPSA) is 57.8 Å². The van der Waals surface area contributed by atoms with E-state index >= 15 is 0 Å². The maximum Gasteiger partial charge on any atom is 0.272 e. The van der Waals surface area contributed by atoms with E-state index in [0.717, 1.165) is 16.3 Å². The van der Waals surface area contributed by atoms with Gasteiger partial charge < -0.3 is 10.3 Å². The van der Waals surface area contributed by atoms with Crippen molar-refractivity contribution in [2.75, 3.05) is 5.32 Å². The van der Waals surface area contributed by atoms with Crippen LogP contribution in [0.4, 0.5) is 5.69 Å². The van der Waals surface area contributed by atoms with Gasteiger partial charge in [-0.2, -0.15) is 0 Å². The van der Waals surface area contributed by atoms with Gasteiger partial charge in [0.2, 0.25) is 0 Å². The number of anilines is 1. The summed E-state index contributed by atoms with van der Waals surface area (Å²) in [7, 11) is 0. The molecule has 0 unspecified atom stereocenters. The molecule has 0 aliphatic heterocycles. The average molecular weight is 309 g/mol. The van der Waals surface area contributed by atoms with Crippen LogP contribution >= 0.6 is 11.8 Å². The van der Waals surface area contributed by atoms with Crippen LogP contribution in [0.1, 0.15) is 16.1 Å². The maximum absolute atomic E-state index is 11.9. The van der Waals surface area contributed by atoms with Gasteiger partial charge in [-0.15, -0.1) is 11.8 Å². The summed E-state index contributed by atoms with van der Waals surface area (Å²) in [5, 5.41) is 2.86. The molecule has 3 aromatic rings. The third-order valence-electron chi connectivity index (χ3n) is 3.08. The summed E-state index contributed by atoms with van der Waals surface area (Å²) in [6.07, 6.45) is 5.38. The highest BCUT2D eigenvalue weighted by molar-refractivity contribution is 7.98. The van der Waals surface area contributed by atoms with E-state index < -0.39 is 0 Å². The molecule has 0 aliphatic rings. The van der Waals surface area contributed by atoms with Gasteiger partial charge in [-0.1, -0.05) is 6.07 Å². The number of carbonyl (C=O) groups excluding carboxylic acids is 1. The summed E-state index contributed by atoms with van der Waals surface area (Å²) in [5.41, 5.74) is 2.52. The number of nitrogens with zero attached hydrogens (tertiary/aromatic N) is 1. The summed E-state index contributed by atoms with van der Waals surface area (Å²) in [6.45, 7) is 0. The molecule has 22 heavy (non-hydrogen) atoms. The molecule has 4 nitrogen and oxygen atoms in total. The fourth-order valence-corrected chi connectivity index (χ4v) is 2.79. The van der Waals surface area contributed by atoms with Crippen molar-refractivity contribution in [3.63, 3.8) is 0 Å². The second kappa shape index (κ2) is 6.95. The number of carbonyl (C=O) groups is 1. The molecular formula is C17H15N3OS. The standard InChI is InChI=1S/C17H15N3OS/c21-17(16-4-2-10-19-16)20-14-5-7-15(8-6-14)22-12-13-3-1-9-18-11-13/h1-11,19H,12H2,(H,20,21). The van der Waals surface area contributed by atoms with E-state index in [1.807, 2.05) is 36.5 Å². The first-order valence-corrected chi connectivity index (χ1v) is 7.86. The Morgan fingerprint density at radius 1 is 1.14 bits per heavy atom. The molecule has 2 aromatic heterocycles.